The van der Waals surface area contributed by atoms with E-state index in [0.717, 1.165) is 11.4 Å². The SMILES string of the molecule is O=S(=O)(O)c1cc(Nc2nc(Nc3ccccc3)nc(N3CCOCC3)n2)ccc1/C=C/c1ccc(Nc2nc(Nc3ccccc3)nc(N3CCOCC3)n2)cc1S(=O)(=O)O.[H-].[Na+]. The van der Waals surface area contributed by atoms with E-state index in [0.29, 0.717) is 64.5 Å². The molecule has 2 aliphatic rings. The molecule has 0 aliphatic carbocycles. The number of rotatable bonds is 14. The molecule has 20 nitrogen and oxygen atoms in total. The van der Waals surface area contributed by atoms with Gasteiger partial charge in [-0.3, -0.25) is 9.11 Å². The zero-order valence-corrected chi connectivity index (χ0v) is 37.4. The third kappa shape index (κ3) is 12.0. The van der Waals surface area contributed by atoms with Gasteiger partial charge in [-0.2, -0.15) is 46.7 Å². The van der Waals surface area contributed by atoms with E-state index < -0.39 is 30.0 Å². The van der Waals surface area contributed by atoms with Crippen LogP contribution in [-0.2, 0) is 29.7 Å². The molecule has 0 saturated carbocycles. The first kappa shape index (κ1) is 45.2. The summed E-state index contributed by atoms with van der Waals surface area (Å²) in [6.07, 6.45) is 2.60. The number of hydrogen-bond donors (Lipinski definition) is 6. The van der Waals surface area contributed by atoms with Crippen LogP contribution in [0.2, 0.25) is 0 Å². The first-order chi connectivity index (χ1) is 29.9. The summed E-state index contributed by atoms with van der Waals surface area (Å²) in [5.41, 5.74) is 1.92. The van der Waals surface area contributed by atoms with Crippen LogP contribution >= 0.6 is 0 Å². The predicted octanol–water partition coefficient (Wildman–Crippen LogP) is 2.48. The number of nitrogens with one attached hydrogen (secondary N) is 4. The minimum Gasteiger partial charge on any atom is -1.00 e. The van der Waals surface area contributed by atoms with E-state index >= 15 is 0 Å². The zero-order valence-electron chi connectivity index (χ0n) is 34.8. The van der Waals surface area contributed by atoms with E-state index in [9.17, 15) is 25.9 Å². The molecule has 6 aromatic rings. The molecule has 2 saturated heterocycles. The maximum Gasteiger partial charge on any atom is 1.00 e. The topological polar surface area (TPSA) is 259 Å². The van der Waals surface area contributed by atoms with Crippen LogP contribution < -0.4 is 60.6 Å². The van der Waals surface area contributed by atoms with Crippen molar-refractivity contribution in [3.63, 3.8) is 0 Å². The molecule has 63 heavy (non-hydrogen) atoms. The molecular formula is C40H41N12NaO8S2. The Labute approximate surface area is 386 Å². The van der Waals surface area contributed by atoms with Gasteiger partial charge in [-0.05, 0) is 59.7 Å². The average molecular weight is 905 g/mol. The van der Waals surface area contributed by atoms with Crippen molar-refractivity contribution >= 4 is 90.8 Å². The van der Waals surface area contributed by atoms with Gasteiger partial charge in [-0.25, -0.2) is 0 Å². The molecule has 2 aliphatic heterocycles. The molecule has 322 valence electrons. The van der Waals surface area contributed by atoms with Gasteiger partial charge in [0.15, 0.2) is 0 Å². The van der Waals surface area contributed by atoms with Crippen molar-refractivity contribution in [3.8, 4) is 0 Å². The first-order valence-electron chi connectivity index (χ1n) is 19.2. The fraction of sp³-hybridized carbons (Fsp3) is 0.200. The third-order valence-corrected chi connectivity index (χ3v) is 11.3. The summed E-state index contributed by atoms with van der Waals surface area (Å²) in [6.45, 7) is 4.13. The fourth-order valence-corrected chi connectivity index (χ4v) is 7.87. The Hall–Kier alpha value is -5.82. The molecule has 2 aromatic heterocycles. The summed E-state index contributed by atoms with van der Waals surface area (Å²) >= 11 is 0. The monoisotopic (exact) mass is 904 g/mol. The van der Waals surface area contributed by atoms with Crippen LogP contribution in [0.15, 0.2) is 107 Å². The summed E-state index contributed by atoms with van der Waals surface area (Å²) < 4.78 is 82.5. The molecule has 0 amide bonds. The quantitative estimate of drug-likeness (QED) is 0.0521. The maximum absolute atomic E-state index is 12.7. The predicted molar refractivity (Wildman–Crippen MR) is 234 cm³/mol. The Kier molecular flexibility index (Phi) is 14.4. The minimum absolute atomic E-state index is 0. The van der Waals surface area contributed by atoms with Crippen molar-refractivity contribution in [2.24, 2.45) is 0 Å². The van der Waals surface area contributed by atoms with Crippen molar-refractivity contribution in [1.82, 2.24) is 29.9 Å². The van der Waals surface area contributed by atoms with Crippen LogP contribution in [0.5, 0.6) is 0 Å². The van der Waals surface area contributed by atoms with Crippen LogP contribution in [0.25, 0.3) is 12.2 Å². The Balaban J connectivity index is 0.00000340. The van der Waals surface area contributed by atoms with Gasteiger partial charge < -0.3 is 42.0 Å². The Bertz CT molecular complexity index is 2620. The molecule has 8 rings (SSSR count). The maximum atomic E-state index is 12.7. The normalized spacial score (nSPS) is 14.5. The Morgan fingerprint density at radius 1 is 0.492 bits per heavy atom. The van der Waals surface area contributed by atoms with Crippen LogP contribution in [-0.4, -0.2) is 108 Å². The molecule has 4 heterocycles. The van der Waals surface area contributed by atoms with Gasteiger partial charge in [0.1, 0.15) is 9.79 Å². The van der Waals surface area contributed by atoms with Crippen molar-refractivity contribution in [1.29, 1.82) is 0 Å². The molecule has 0 unspecified atom stereocenters. The molecule has 0 bridgehead atoms. The van der Waals surface area contributed by atoms with E-state index in [1.165, 1.54) is 48.6 Å². The van der Waals surface area contributed by atoms with Gasteiger partial charge in [0.05, 0.1) is 26.4 Å². The number of anilines is 10. The molecule has 0 spiro atoms. The Morgan fingerprint density at radius 3 is 1.16 bits per heavy atom. The van der Waals surface area contributed by atoms with E-state index in [2.05, 4.69) is 51.2 Å². The standard InChI is InChI=1S/C40H40N12O8S2.Na.H/c53-61(54,55)33-25-31(43-37-45-35(41-29-7-3-1-4-8-29)47-39(49-37)51-17-21-59-22-18-51)15-13-27(33)11-12-28-14-16-32(26-34(28)62(56,57)58)44-38-46-36(42-30-9-5-2-6-10-30)48-40(50-38)52-19-23-60-24-20-52;;/h1-16,25-26H,17-24H2,(H,53,54,55)(H,56,57,58)(H2,41,43,45,47,49)(H2,42,44,46,48,50);;/q;+1;-1/b12-11+;;. The van der Waals surface area contributed by atoms with Crippen molar-refractivity contribution in [3.05, 3.63) is 108 Å². The average Bonchev–Trinajstić information content (AvgIpc) is 3.27. The molecular weight excluding hydrogens is 864 g/mol. The van der Waals surface area contributed by atoms with E-state index in [1.54, 1.807) is 0 Å². The molecule has 4 aromatic carbocycles. The van der Waals surface area contributed by atoms with Gasteiger partial charge in [-0.15, -0.1) is 0 Å². The van der Waals surface area contributed by atoms with Crippen LogP contribution in [0, 0.1) is 0 Å². The molecule has 0 radical (unpaired) electrons. The number of hydrogen-bond acceptors (Lipinski definition) is 18. The third-order valence-electron chi connectivity index (χ3n) is 9.43. The molecule has 2 fully saturated rings. The number of para-hydroxylation sites is 2. The summed E-state index contributed by atoms with van der Waals surface area (Å²) in [6, 6.07) is 26.8. The zero-order chi connectivity index (χ0) is 43.1. The second-order valence-corrected chi connectivity index (χ2v) is 16.6. The van der Waals surface area contributed by atoms with Gasteiger partial charge in [-0.1, -0.05) is 60.7 Å². The van der Waals surface area contributed by atoms with Gasteiger partial charge in [0.2, 0.25) is 35.7 Å². The summed E-state index contributed by atoms with van der Waals surface area (Å²) in [5, 5.41) is 12.3. The largest absolute Gasteiger partial charge is 1.00 e. The number of aromatic nitrogens is 6. The molecule has 6 N–H and O–H groups in total. The smallest absolute Gasteiger partial charge is 1.00 e. The van der Waals surface area contributed by atoms with Crippen LogP contribution in [0.1, 0.15) is 12.6 Å². The second-order valence-electron chi connectivity index (χ2n) is 13.8. The van der Waals surface area contributed by atoms with Crippen molar-refractivity contribution < 1.29 is 66.4 Å². The molecule has 23 heteroatoms. The number of benzene rings is 4. The Morgan fingerprint density at radius 2 is 0.825 bits per heavy atom. The summed E-state index contributed by atoms with van der Waals surface area (Å²) in [7, 11) is -9.67. The van der Waals surface area contributed by atoms with Gasteiger partial charge >= 0.3 is 29.6 Å². The van der Waals surface area contributed by atoms with Crippen LogP contribution in [0.3, 0.4) is 0 Å². The summed E-state index contributed by atoms with van der Waals surface area (Å²) in [5.74, 6) is 1.38. The van der Waals surface area contributed by atoms with Crippen molar-refractivity contribution in [2.75, 3.05) is 83.7 Å². The van der Waals surface area contributed by atoms with Crippen LogP contribution in [0.4, 0.5) is 58.4 Å². The van der Waals surface area contributed by atoms with Gasteiger partial charge in [0.25, 0.3) is 20.2 Å². The first-order valence-corrected chi connectivity index (χ1v) is 22.1. The van der Waals surface area contributed by atoms with Gasteiger partial charge in [0, 0.05) is 48.9 Å². The summed E-state index contributed by atoms with van der Waals surface area (Å²) in [4.78, 5) is 30.1. The van der Waals surface area contributed by atoms with E-state index in [4.69, 9.17) is 9.47 Å². The number of ether oxygens (including phenoxy) is 2. The second kappa shape index (κ2) is 20.1. The number of nitrogens with zero attached hydrogens (tertiary/aromatic N) is 8. The molecule has 0 atom stereocenters. The van der Waals surface area contributed by atoms with Crippen molar-refractivity contribution in [2.45, 2.75) is 9.79 Å². The van der Waals surface area contributed by atoms with E-state index in [1.807, 2.05) is 70.5 Å². The minimum atomic E-state index is -4.83. The fourth-order valence-electron chi connectivity index (χ4n) is 6.45. The van der Waals surface area contributed by atoms with E-state index in [-0.39, 0.29) is 77.3 Å². The number of morpholine rings is 2.